The predicted octanol–water partition coefficient (Wildman–Crippen LogP) is 7.93. The van der Waals surface area contributed by atoms with Crippen molar-refractivity contribution in [3.05, 3.63) is 77.6 Å². The Morgan fingerprint density at radius 2 is 1.21 bits per heavy atom. The number of benzene rings is 2. The van der Waals surface area contributed by atoms with E-state index in [0.29, 0.717) is 11.4 Å². The molecule has 1 unspecified atom stereocenters. The fourth-order valence-corrected chi connectivity index (χ4v) is 4.65. The summed E-state index contributed by atoms with van der Waals surface area (Å²) in [7, 11) is 1.22. The number of carbonyl (C=O) groups is 3. The topological polar surface area (TPSA) is 105 Å². The van der Waals surface area contributed by atoms with Gasteiger partial charge in [-0.1, -0.05) is 83.3 Å². The van der Waals surface area contributed by atoms with Gasteiger partial charge in [0, 0.05) is 18.0 Å². The van der Waals surface area contributed by atoms with Crippen molar-refractivity contribution in [1.29, 1.82) is 0 Å². The van der Waals surface area contributed by atoms with Crippen LogP contribution in [0.3, 0.4) is 0 Å². The van der Waals surface area contributed by atoms with Gasteiger partial charge in [-0.3, -0.25) is 0 Å². The highest BCUT2D eigenvalue weighted by Crippen LogP contribution is 2.19. The predicted molar refractivity (Wildman–Crippen MR) is 166 cm³/mol. The second kappa shape index (κ2) is 18.5. The molecule has 230 valence electrons. The zero-order chi connectivity index (χ0) is 30.9. The van der Waals surface area contributed by atoms with E-state index in [-0.39, 0.29) is 11.3 Å². The molecule has 0 bridgehead atoms. The third-order valence-electron chi connectivity index (χ3n) is 7.27. The molecular formula is C35H44N2O6. The second-order valence-corrected chi connectivity index (χ2v) is 10.8. The maximum atomic E-state index is 12.6. The molecule has 1 atom stereocenters. The van der Waals surface area contributed by atoms with Gasteiger partial charge in [-0.15, -0.1) is 0 Å². The van der Waals surface area contributed by atoms with E-state index >= 15 is 0 Å². The molecule has 43 heavy (non-hydrogen) atoms. The van der Waals surface area contributed by atoms with Crippen molar-refractivity contribution in [1.82, 2.24) is 9.97 Å². The van der Waals surface area contributed by atoms with E-state index in [1.54, 1.807) is 24.3 Å². The smallest absolute Gasteiger partial charge is 0.346 e. The van der Waals surface area contributed by atoms with Crippen molar-refractivity contribution in [3.8, 4) is 17.1 Å². The molecule has 1 aromatic heterocycles. The number of unbranched alkanes of at least 4 members (excludes halogenated alkanes) is 10. The van der Waals surface area contributed by atoms with Gasteiger partial charge >= 0.3 is 17.9 Å². The van der Waals surface area contributed by atoms with Gasteiger partial charge in [-0.05, 0) is 61.7 Å². The number of carbonyl (C=O) groups excluding carboxylic acids is 3. The van der Waals surface area contributed by atoms with Crippen LogP contribution in [0, 0.1) is 0 Å². The van der Waals surface area contributed by atoms with Crippen LogP contribution in [0.2, 0.25) is 0 Å². The lowest BCUT2D eigenvalue weighted by atomic mass is 10.0. The highest BCUT2D eigenvalue weighted by molar-refractivity contribution is 5.93. The van der Waals surface area contributed by atoms with Crippen molar-refractivity contribution in [2.75, 3.05) is 7.11 Å². The molecule has 0 saturated heterocycles. The van der Waals surface area contributed by atoms with Crippen molar-refractivity contribution >= 4 is 17.9 Å². The largest absolute Gasteiger partial charge is 0.466 e. The van der Waals surface area contributed by atoms with Gasteiger partial charge in [-0.2, -0.15) is 0 Å². The van der Waals surface area contributed by atoms with Gasteiger partial charge < -0.3 is 14.2 Å². The summed E-state index contributed by atoms with van der Waals surface area (Å²) in [4.78, 5) is 45.3. The van der Waals surface area contributed by atoms with E-state index in [1.807, 2.05) is 12.4 Å². The first-order valence-electron chi connectivity index (χ1n) is 15.4. The molecule has 0 radical (unpaired) electrons. The maximum Gasteiger partial charge on any atom is 0.346 e. The summed E-state index contributed by atoms with van der Waals surface area (Å²) < 4.78 is 15.0. The van der Waals surface area contributed by atoms with E-state index in [0.717, 1.165) is 24.0 Å². The molecule has 0 fully saturated rings. The summed E-state index contributed by atoms with van der Waals surface area (Å²) in [6, 6.07) is 12.8. The minimum atomic E-state index is -1.03. The zero-order valence-electron chi connectivity index (χ0n) is 25.7. The minimum Gasteiger partial charge on any atom is -0.466 e. The van der Waals surface area contributed by atoms with Gasteiger partial charge in [0.25, 0.3) is 0 Å². The van der Waals surface area contributed by atoms with Crippen LogP contribution in [0.4, 0.5) is 0 Å². The number of aryl methyl sites for hydroxylation is 1. The van der Waals surface area contributed by atoms with Crippen molar-refractivity contribution in [3.63, 3.8) is 0 Å². The molecule has 3 aromatic rings. The van der Waals surface area contributed by atoms with Gasteiger partial charge in [0.05, 0.1) is 18.2 Å². The fraction of sp³-hybridized carbons (Fsp3) is 0.457. The van der Waals surface area contributed by atoms with Gasteiger partial charge in [0.2, 0.25) is 0 Å². The molecule has 0 spiro atoms. The van der Waals surface area contributed by atoms with Crippen molar-refractivity contribution < 1.29 is 28.6 Å². The van der Waals surface area contributed by atoms with Crippen LogP contribution in [0.15, 0.2) is 60.9 Å². The van der Waals surface area contributed by atoms with E-state index in [4.69, 9.17) is 9.47 Å². The third kappa shape index (κ3) is 11.6. The number of methoxy groups -OCH3 is 1. The van der Waals surface area contributed by atoms with Gasteiger partial charge in [0.15, 0.2) is 11.9 Å². The first kappa shape index (κ1) is 33.4. The number of aromatic nitrogens is 2. The third-order valence-corrected chi connectivity index (χ3v) is 7.27. The molecule has 0 aliphatic rings. The molecule has 1 heterocycles. The summed E-state index contributed by atoms with van der Waals surface area (Å²) in [6.07, 6.45) is 18.3. The Hall–Kier alpha value is -4.07. The number of hydrogen-bond acceptors (Lipinski definition) is 8. The van der Waals surface area contributed by atoms with Crippen LogP contribution in [0.25, 0.3) is 11.4 Å². The monoisotopic (exact) mass is 588 g/mol. The summed E-state index contributed by atoms with van der Waals surface area (Å²) in [5.74, 6) is -1.00. The van der Waals surface area contributed by atoms with E-state index in [1.165, 1.54) is 103 Å². The van der Waals surface area contributed by atoms with Gasteiger partial charge in [0.1, 0.15) is 5.75 Å². The number of rotatable bonds is 18. The normalized spacial score (nSPS) is 11.5. The van der Waals surface area contributed by atoms with Crippen molar-refractivity contribution in [2.45, 2.75) is 97.0 Å². The van der Waals surface area contributed by atoms with Crippen LogP contribution in [0.1, 0.15) is 111 Å². The lowest BCUT2D eigenvalue weighted by Crippen LogP contribution is -2.25. The van der Waals surface area contributed by atoms with Crippen LogP contribution >= 0.6 is 0 Å². The molecule has 0 saturated carbocycles. The van der Waals surface area contributed by atoms with Crippen LogP contribution < -0.4 is 4.74 Å². The van der Waals surface area contributed by atoms with E-state index in [9.17, 15) is 14.4 Å². The van der Waals surface area contributed by atoms with Gasteiger partial charge in [-0.25, -0.2) is 24.4 Å². The maximum absolute atomic E-state index is 12.6. The Morgan fingerprint density at radius 1 is 0.698 bits per heavy atom. The number of ether oxygens (including phenoxy) is 3. The average Bonchev–Trinajstić information content (AvgIpc) is 3.03. The summed E-state index contributed by atoms with van der Waals surface area (Å²) >= 11 is 0. The lowest BCUT2D eigenvalue weighted by molar-refractivity contribution is -0.149. The van der Waals surface area contributed by atoms with E-state index < -0.39 is 24.0 Å². The standard InChI is InChI=1S/C35H44N2O6/c1-4-5-6-7-8-9-10-11-12-13-14-15-27-24-36-32(37-25-27)28-16-18-29(19-17-28)35(40)43-31-22-20-30(21-23-31)34(39)42-26(2)33(38)41-3/h16-26H,4-15H2,1-3H3. The number of hydrogen-bond donors (Lipinski definition) is 0. The van der Waals surface area contributed by atoms with Crippen LogP contribution in [0.5, 0.6) is 5.75 Å². The Morgan fingerprint density at radius 3 is 1.77 bits per heavy atom. The van der Waals surface area contributed by atoms with Crippen LogP contribution in [-0.2, 0) is 20.7 Å². The summed E-state index contributed by atoms with van der Waals surface area (Å²) in [5, 5.41) is 0. The molecule has 0 N–H and O–H groups in total. The quantitative estimate of drug-likeness (QED) is 0.0838. The van der Waals surface area contributed by atoms with Crippen LogP contribution in [-0.4, -0.2) is 41.1 Å². The number of nitrogens with zero attached hydrogens (tertiary/aromatic N) is 2. The fourth-order valence-electron chi connectivity index (χ4n) is 4.65. The molecule has 0 aliphatic heterocycles. The molecule has 2 aromatic carbocycles. The second-order valence-electron chi connectivity index (χ2n) is 10.8. The highest BCUT2D eigenvalue weighted by Gasteiger charge is 2.19. The lowest BCUT2D eigenvalue weighted by Gasteiger charge is -2.11. The minimum absolute atomic E-state index is 0.213. The first-order chi connectivity index (χ1) is 20.9. The molecule has 0 aliphatic carbocycles. The summed E-state index contributed by atoms with van der Waals surface area (Å²) in [6.45, 7) is 3.68. The Kier molecular flexibility index (Phi) is 14.4. The highest BCUT2D eigenvalue weighted by atomic mass is 16.6. The van der Waals surface area contributed by atoms with Crippen molar-refractivity contribution in [2.24, 2.45) is 0 Å². The molecule has 3 rings (SSSR count). The summed E-state index contributed by atoms with van der Waals surface area (Å²) in [5.41, 5.74) is 2.52. The Bertz CT molecular complexity index is 1270. The van der Waals surface area contributed by atoms with E-state index in [2.05, 4.69) is 21.6 Å². The SMILES string of the molecule is CCCCCCCCCCCCCc1cnc(-c2ccc(C(=O)Oc3ccc(C(=O)OC(C)C(=O)OC)cc3)cc2)nc1. The Balaban J connectivity index is 1.39. The number of esters is 3. The molecular weight excluding hydrogens is 544 g/mol. The molecule has 0 amide bonds. The Labute approximate surface area is 255 Å². The molecule has 8 heteroatoms. The zero-order valence-corrected chi connectivity index (χ0v) is 25.7. The first-order valence-corrected chi connectivity index (χ1v) is 15.4. The molecule has 8 nitrogen and oxygen atoms in total. The average molecular weight is 589 g/mol.